The first-order valence-corrected chi connectivity index (χ1v) is 22.2. The number of fused-ring (bicyclic) bond motifs is 1. The molecule has 5 heteroatoms. The topological polar surface area (TPSA) is 44.8 Å². The molecule has 0 bridgehead atoms. The van der Waals surface area contributed by atoms with Crippen LogP contribution in [-0.2, 0) is 9.53 Å². The van der Waals surface area contributed by atoms with Crippen LogP contribution >= 0.6 is 0 Å². The molecule has 1 atom stereocenters. The number of hydrogen-bond acceptors (Lipinski definition) is 5. The van der Waals surface area contributed by atoms with Crippen LogP contribution in [0.2, 0.25) is 0 Å². The van der Waals surface area contributed by atoms with Gasteiger partial charge in [0.15, 0.2) is 0 Å². The molecule has 0 amide bonds. The third-order valence-corrected chi connectivity index (χ3v) is 12.1. The van der Waals surface area contributed by atoms with E-state index in [0.29, 0.717) is 6.61 Å². The number of esters is 1. The van der Waals surface area contributed by atoms with Crippen LogP contribution in [0, 0.1) is 62.3 Å². The molecule has 62 heavy (non-hydrogen) atoms. The van der Waals surface area contributed by atoms with Crippen LogP contribution < -0.4 is 15.1 Å². The Kier molecular flexibility index (Phi) is 13.2. The van der Waals surface area contributed by atoms with Crippen molar-refractivity contribution in [3.63, 3.8) is 0 Å². The minimum Gasteiger partial charge on any atom is -0.465 e. The lowest BCUT2D eigenvalue weighted by Gasteiger charge is -2.30. The maximum Gasteiger partial charge on any atom is 0.325 e. The Hall–Kier alpha value is -6.33. The maximum atomic E-state index is 13.1. The Balaban J connectivity index is 1.37. The Labute approximate surface area is 370 Å². The molecular formula is C57H63N3O2. The zero-order chi connectivity index (χ0) is 44.2. The van der Waals surface area contributed by atoms with Crippen molar-refractivity contribution in [2.24, 2.45) is 0 Å². The quantitative estimate of drug-likeness (QED) is 0.0874. The SMILES string of the molecule is CCCN(c1ccc(C(c2ccc(N(CC(=O)OCC)c3c(C)cc(C)cc3C)cc2)c2ccc(Nc3c(C)cc(C)cc3C)c3ccccc23)cc1)c1c(C)cc(C)cc1C. The van der Waals surface area contributed by atoms with E-state index in [1.54, 1.807) is 0 Å². The van der Waals surface area contributed by atoms with Crippen LogP contribution in [0.4, 0.5) is 34.1 Å². The number of carbonyl (C=O) groups excluding carboxylic acids is 1. The van der Waals surface area contributed by atoms with Gasteiger partial charge in [0.2, 0.25) is 0 Å². The van der Waals surface area contributed by atoms with Gasteiger partial charge in [0, 0.05) is 52.0 Å². The lowest BCUT2D eigenvalue weighted by Crippen LogP contribution is -2.28. The van der Waals surface area contributed by atoms with E-state index in [-0.39, 0.29) is 18.4 Å². The van der Waals surface area contributed by atoms with Crippen molar-refractivity contribution in [3.05, 3.63) is 188 Å². The molecule has 0 aliphatic carbocycles. The zero-order valence-electron chi connectivity index (χ0n) is 38.7. The highest BCUT2D eigenvalue weighted by Crippen LogP contribution is 2.42. The molecule has 318 valence electrons. The van der Waals surface area contributed by atoms with Crippen LogP contribution in [0.15, 0.2) is 121 Å². The molecule has 0 aliphatic heterocycles. The average Bonchev–Trinajstić information content (AvgIpc) is 3.22. The highest BCUT2D eigenvalue weighted by Gasteiger charge is 2.24. The van der Waals surface area contributed by atoms with E-state index in [4.69, 9.17) is 4.74 Å². The van der Waals surface area contributed by atoms with Gasteiger partial charge in [-0.1, -0.05) is 115 Å². The van der Waals surface area contributed by atoms with Gasteiger partial charge in [-0.2, -0.15) is 0 Å². The van der Waals surface area contributed by atoms with Gasteiger partial charge in [-0.15, -0.1) is 0 Å². The predicted molar refractivity (Wildman–Crippen MR) is 264 cm³/mol. The van der Waals surface area contributed by atoms with E-state index in [1.807, 2.05) is 6.92 Å². The van der Waals surface area contributed by atoms with E-state index >= 15 is 0 Å². The average molecular weight is 822 g/mol. The van der Waals surface area contributed by atoms with E-state index in [0.717, 1.165) is 46.8 Å². The Morgan fingerprint density at radius 3 is 1.48 bits per heavy atom. The summed E-state index contributed by atoms with van der Waals surface area (Å²) in [4.78, 5) is 17.7. The van der Waals surface area contributed by atoms with Crippen molar-refractivity contribution in [2.45, 2.75) is 88.5 Å². The second-order valence-electron chi connectivity index (χ2n) is 17.3. The Morgan fingerprint density at radius 2 is 1.00 bits per heavy atom. The summed E-state index contributed by atoms with van der Waals surface area (Å²) in [5.41, 5.74) is 21.3. The van der Waals surface area contributed by atoms with Crippen molar-refractivity contribution in [2.75, 3.05) is 34.8 Å². The third-order valence-electron chi connectivity index (χ3n) is 12.1. The molecule has 1 N–H and O–H groups in total. The van der Waals surface area contributed by atoms with Crippen molar-refractivity contribution in [3.8, 4) is 0 Å². The van der Waals surface area contributed by atoms with Crippen molar-refractivity contribution in [1.29, 1.82) is 0 Å². The Morgan fingerprint density at radius 1 is 0.548 bits per heavy atom. The summed E-state index contributed by atoms with van der Waals surface area (Å²) in [6, 6.07) is 44.8. The summed E-state index contributed by atoms with van der Waals surface area (Å²) >= 11 is 0. The molecule has 7 rings (SSSR count). The van der Waals surface area contributed by atoms with Gasteiger partial charge in [0.25, 0.3) is 0 Å². The first-order valence-electron chi connectivity index (χ1n) is 22.2. The normalized spacial score (nSPS) is 11.7. The van der Waals surface area contributed by atoms with Gasteiger partial charge in [-0.25, -0.2) is 0 Å². The van der Waals surface area contributed by atoms with Gasteiger partial charge in [0.05, 0.1) is 6.61 Å². The fourth-order valence-corrected chi connectivity index (χ4v) is 9.87. The number of ether oxygens (including phenoxy) is 1. The van der Waals surface area contributed by atoms with Gasteiger partial charge in [-0.05, 0) is 161 Å². The first kappa shape index (κ1) is 43.7. The molecule has 1 unspecified atom stereocenters. The van der Waals surface area contributed by atoms with E-state index < -0.39 is 0 Å². The Bertz CT molecular complexity index is 2660. The monoisotopic (exact) mass is 821 g/mol. The molecule has 7 aromatic rings. The number of aryl methyl sites for hydroxylation is 9. The number of anilines is 6. The summed E-state index contributed by atoms with van der Waals surface area (Å²) in [5.74, 6) is -0.332. The number of hydrogen-bond donors (Lipinski definition) is 1. The van der Waals surface area contributed by atoms with Crippen LogP contribution in [0.25, 0.3) is 10.8 Å². The molecular weight excluding hydrogens is 759 g/mol. The molecule has 0 saturated carbocycles. The second-order valence-corrected chi connectivity index (χ2v) is 17.3. The lowest BCUT2D eigenvalue weighted by molar-refractivity contribution is -0.141. The predicted octanol–water partition coefficient (Wildman–Crippen LogP) is 14.8. The molecule has 0 fully saturated rings. The summed E-state index contributed by atoms with van der Waals surface area (Å²) < 4.78 is 5.50. The number of rotatable bonds is 14. The summed E-state index contributed by atoms with van der Waals surface area (Å²) in [7, 11) is 0. The third kappa shape index (κ3) is 9.13. The minimum atomic E-state index is -0.252. The smallest absolute Gasteiger partial charge is 0.325 e. The van der Waals surface area contributed by atoms with Crippen LogP contribution in [0.5, 0.6) is 0 Å². The molecule has 0 radical (unpaired) electrons. The first-order chi connectivity index (χ1) is 29.8. The second kappa shape index (κ2) is 18.7. The fraction of sp³-hybridized carbons (Fsp3) is 0.281. The highest BCUT2D eigenvalue weighted by atomic mass is 16.5. The van der Waals surface area contributed by atoms with Crippen molar-refractivity contribution >= 4 is 50.9 Å². The maximum absolute atomic E-state index is 13.1. The van der Waals surface area contributed by atoms with E-state index in [1.165, 1.54) is 77.8 Å². The lowest BCUT2D eigenvalue weighted by atomic mass is 9.82. The fourth-order valence-electron chi connectivity index (χ4n) is 9.87. The summed E-state index contributed by atoms with van der Waals surface area (Å²) in [6.45, 7) is 25.0. The van der Waals surface area contributed by atoms with E-state index in [2.05, 4.69) is 206 Å². The van der Waals surface area contributed by atoms with Gasteiger partial charge < -0.3 is 19.9 Å². The molecule has 0 spiro atoms. The summed E-state index contributed by atoms with van der Waals surface area (Å²) in [6.07, 6.45) is 1.03. The van der Waals surface area contributed by atoms with Crippen LogP contribution in [-0.4, -0.2) is 25.7 Å². The molecule has 5 nitrogen and oxygen atoms in total. The highest BCUT2D eigenvalue weighted by molar-refractivity contribution is 5.98. The molecule has 0 aromatic heterocycles. The van der Waals surface area contributed by atoms with Gasteiger partial charge in [0.1, 0.15) is 6.54 Å². The number of carbonyl (C=O) groups is 1. The van der Waals surface area contributed by atoms with Crippen LogP contribution in [0.1, 0.15) is 92.9 Å². The number of benzene rings is 7. The molecule has 0 saturated heterocycles. The molecule has 0 aliphatic rings. The standard InChI is InChI=1S/C57H63N3O2/c1-12-28-59(56-41(8)31-37(4)32-42(56)9)47-22-18-45(19-23-47)54(51-26-27-52(50-17-15-14-16-49(50)51)58-55-39(6)29-36(3)30-40(55)7)46-20-24-48(25-21-46)60(35-53(61)62-13-2)57-43(10)33-38(5)34-44(57)11/h14-27,29-34,54,58H,12-13,28,35H2,1-11H3. The van der Waals surface area contributed by atoms with Crippen LogP contribution in [0.3, 0.4) is 0 Å². The summed E-state index contributed by atoms with van der Waals surface area (Å²) in [5, 5.41) is 6.21. The van der Waals surface area contributed by atoms with Crippen molar-refractivity contribution in [1.82, 2.24) is 0 Å². The zero-order valence-corrected chi connectivity index (χ0v) is 38.7. The largest absolute Gasteiger partial charge is 0.465 e. The van der Waals surface area contributed by atoms with Gasteiger partial charge >= 0.3 is 5.97 Å². The minimum absolute atomic E-state index is 0.0799. The molecule has 0 heterocycles. The van der Waals surface area contributed by atoms with Crippen molar-refractivity contribution < 1.29 is 9.53 Å². The van der Waals surface area contributed by atoms with E-state index in [9.17, 15) is 4.79 Å². The van der Waals surface area contributed by atoms with Gasteiger partial charge in [-0.3, -0.25) is 4.79 Å². The number of nitrogens with zero attached hydrogens (tertiary/aromatic N) is 2. The molecule has 7 aromatic carbocycles. The number of nitrogens with one attached hydrogen (secondary N) is 1.